The van der Waals surface area contributed by atoms with Crippen molar-refractivity contribution in [2.75, 3.05) is 5.73 Å². The topological polar surface area (TPSA) is 65.1 Å². The van der Waals surface area contributed by atoms with Gasteiger partial charge < -0.3 is 10.3 Å². The van der Waals surface area contributed by atoms with Crippen LogP contribution in [0.1, 0.15) is 16.8 Å². The van der Waals surface area contributed by atoms with Gasteiger partial charge in [0.1, 0.15) is 22.3 Å². The summed E-state index contributed by atoms with van der Waals surface area (Å²) in [5.74, 6) is -0.755. The lowest BCUT2D eigenvalue weighted by molar-refractivity contribution is 0.594. The van der Waals surface area contributed by atoms with Crippen LogP contribution in [0.2, 0.25) is 0 Å². The molecule has 26 heavy (non-hydrogen) atoms. The van der Waals surface area contributed by atoms with Gasteiger partial charge in [-0.15, -0.1) is 0 Å². The highest BCUT2D eigenvalue weighted by atomic mass is 32.2. The fourth-order valence-corrected chi connectivity index (χ4v) is 4.58. The van der Waals surface area contributed by atoms with E-state index in [1.807, 2.05) is 0 Å². The molecule has 0 amide bonds. The van der Waals surface area contributed by atoms with Gasteiger partial charge in [0.25, 0.3) is 0 Å². The summed E-state index contributed by atoms with van der Waals surface area (Å²) in [6.07, 6.45) is 0. The van der Waals surface area contributed by atoms with Gasteiger partial charge in [0.2, 0.25) is 9.84 Å². The first-order chi connectivity index (χ1) is 12.2. The van der Waals surface area contributed by atoms with Gasteiger partial charge in [0, 0.05) is 12.2 Å². The summed E-state index contributed by atoms with van der Waals surface area (Å²) in [4.78, 5) is -0.00338. The van der Waals surface area contributed by atoms with E-state index in [2.05, 4.69) is 0 Å². The summed E-state index contributed by atoms with van der Waals surface area (Å²) in [5, 5.41) is 0. The molecule has 0 spiro atoms. The molecule has 1 heterocycles. The van der Waals surface area contributed by atoms with Crippen LogP contribution in [-0.4, -0.2) is 13.0 Å². The molecule has 0 fully saturated rings. The van der Waals surface area contributed by atoms with E-state index in [9.17, 15) is 17.2 Å². The van der Waals surface area contributed by atoms with Crippen molar-refractivity contribution in [1.82, 2.24) is 4.57 Å². The lowest BCUT2D eigenvalue weighted by atomic mass is 10.2. The van der Waals surface area contributed by atoms with Gasteiger partial charge in [-0.05, 0) is 61.4 Å². The molecule has 3 aromatic rings. The third-order valence-corrected chi connectivity index (χ3v) is 6.40. The maximum atomic E-state index is 13.1. The van der Waals surface area contributed by atoms with Gasteiger partial charge in [-0.25, -0.2) is 17.2 Å². The SMILES string of the molecule is Cc1c(S(=O)(=O)c2ccc(F)cc2)c(N)n(Cc2ccc(F)cc2)c1C. The highest BCUT2D eigenvalue weighted by molar-refractivity contribution is 7.91. The van der Waals surface area contributed by atoms with Gasteiger partial charge in [0.05, 0.1) is 4.90 Å². The molecule has 7 heteroatoms. The smallest absolute Gasteiger partial charge is 0.210 e. The third kappa shape index (κ3) is 3.10. The molecule has 0 unspecified atom stereocenters. The van der Waals surface area contributed by atoms with Crippen molar-refractivity contribution in [3.05, 3.63) is 77.0 Å². The molecule has 0 aliphatic heterocycles. The first kappa shape index (κ1) is 18.1. The van der Waals surface area contributed by atoms with Crippen LogP contribution in [0, 0.1) is 25.5 Å². The van der Waals surface area contributed by atoms with Crippen LogP contribution in [0.25, 0.3) is 0 Å². The maximum absolute atomic E-state index is 13.1. The molecular weight excluding hydrogens is 358 g/mol. The predicted molar refractivity (Wildman–Crippen MR) is 95.7 cm³/mol. The second-order valence-corrected chi connectivity index (χ2v) is 7.98. The van der Waals surface area contributed by atoms with E-state index < -0.39 is 15.7 Å². The molecule has 136 valence electrons. The molecule has 0 aliphatic rings. The number of aromatic nitrogens is 1. The Morgan fingerprint density at radius 3 is 1.96 bits per heavy atom. The van der Waals surface area contributed by atoms with Gasteiger partial charge in [-0.3, -0.25) is 0 Å². The Morgan fingerprint density at radius 2 is 1.42 bits per heavy atom. The van der Waals surface area contributed by atoms with E-state index >= 15 is 0 Å². The van der Waals surface area contributed by atoms with Crippen molar-refractivity contribution in [2.45, 2.75) is 30.2 Å². The van der Waals surface area contributed by atoms with E-state index in [1.165, 1.54) is 24.3 Å². The Hall–Kier alpha value is -2.67. The average Bonchev–Trinajstić information content (AvgIpc) is 2.81. The normalized spacial score (nSPS) is 11.7. The monoisotopic (exact) mass is 376 g/mol. The largest absolute Gasteiger partial charge is 0.384 e. The molecule has 4 nitrogen and oxygen atoms in total. The van der Waals surface area contributed by atoms with E-state index in [0.717, 1.165) is 17.7 Å². The van der Waals surface area contributed by atoms with E-state index in [4.69, 9.17) is 5.73 Å². The Labute approximate surface area is 150 Å². The standard InChI is InChI=1S/C19H18F2N2O2S/c1-12-13(2)23(11-14-3-5-15(20)6-4-14)19(22)18(12)26(24,25)17-9-7-16(21)8-10-17/h3-10H,11,22H2,1-2H3. The quantitative estimate of drug-likeness (QED) is 0.704. The molecule has 0 radical (unpaired) electrons. The zero-order chi connectivity index (χ0) is 19.1. The van der Waals surface area contributed by atoms with Crippen molar-refractivity contribution in [2.24, 2.45) is 0 Å². The van der Waals surface area contributed by atoms with Crippen LogP contribution in [0.5, 0.6) is 0 Å². The van der Waals surface area contributed by atoms with Crippen molar-refractivity contribution < 1.29 is 17.2 Å². The lowest BCUT2D eigenvalue weighted by Gasteiger charge is -2.10. The fourth-order valence-electron chi connectivity index (χ4n) is 2.91. The average molecular weight is 376 g/mol. The van der Waals surface area contributed by atoms with Crippen molar-refractivity contribution in [3.8, 4) is 0 Å². The highest BCUT2D eigenvalue weighted by Crippen LogP contribution is 2.33. The van der Waals surface area contributed by atoms with Crippen LogP contribution in [0.15, 0.2) is 58.3 Å². The first-order valence-corrected chi connectivity index (χ1v) is 9.40. The molecule has 0 atom stereocenters. The maximum Gasteiger partial charge on any atom is 0.210 e. The Balaban J connectivity index is 2.09. The number of nitrogens with zero attached hydrogens (tertiary/aromatic N) is 1. The second kappa shape index (κ2) is 6.57. The van der Waals surface area contributed by atoms with Crippen LogP contribution < -0.4 is 5.73 Å². The van der Waals surface area contributed by atoms with Crippen LogP contribution >= 0.6 is 0 Å². The van der Waals surface area contributed by atoms with Crippen molar-refractivity contribution >= 4 is 15.7 Å². The number of hydrogen-bond donors (Lipinski definition) is 1. The lowest BCUT2D eigenvalue weighted by Crippen LogP contribution is -2.09. The van der Waals surface area contributed by atoms with E-state index in [0.29, 0.717) is 17.8 Å². The molecule has 2 N–H and O–H groups in total. The highest BCUT2D eigenvalue weighted by Gasteiger charge is 2.28. The molecular formula is C19H18F2N2O2S. The molecule has 0 saturated heterocycles. The number of nitrogens with two attached hydrogens (primary N) is 1. The molecule has 3 rings (SSSR count). The number of rotatable bonds is 4. The van der Waals surface area contributed by atoms with Crippen LogP contribution in [0.4, 0.5) is 14.6 Å². The minimum Gasteiger partial charge on any atom is -0.384 e. The molecule has 2 aromatic carbocycles. The summed E-state index contributed by atoms with van der Waals surface area (Å²) in [6.45, 7) is 3.78. The van der Waals surface area contributed by atoms with Gasteiger partial charge in [-0.2, -0.15) is 0 Å². The minimum atomic E-state index is -3.89. The minimum absolute atomic E-state index is 0.0173. The Bertz CT molecular complexity index is 1050. The zero-order valence-electron chi connectivity index (χ0n) is 14.3. The summed E-state index contributed by atoms with van der Waals surface area (Å²) >= 11 is 0. The number of hydrogen-bond acceptors (Lipinski definition) is 3. The van der Waals surface area contributed by atoms with Crippen molar-refractivity contribution in [1.29, 1.82) is 0 Å². The summed E-state index contributed by atoms with van der Waals surface area (Å²) < 4.78 is 53.9. The van der Waals surface area contributed by atoms with Gasteiger partial charge in [0.15, 0.2) is 0 Å². The molecule has 0 bridgehead atoms. The van der Waals surface area contributed by atoms with Crippen molar-refractivity contribution in [3.63, 3.8) is 0 Å². The van der Waals surface area contributed by atoms with Gasteiger partial charge in [-0.1, -0.05) is 12.1 Å². The van der Waals surface area contributed by atoms with Crippen LogP contribution in [-0.2, 0) is 16.4 Å². The Morgan fingerprint density at radius 1 is 0.923 bits per heavy atom. The van der Waals surface area contributed by atoms with Crippen LogP contribution in [0.3, 0.4) is 0 Å². The molecule has 0 aliphatic carbocycles. The number of benzene rings is 2. The summed E-state index contributed by atoms with van der Waals surface area (Å²) in [6, 6.07) is 10.6. The zero-order valence-corrected chi connectivity index (χ0v) is 15.1. The number of halogens is 2. The second-order valence-electron chi connectivity index (χ2n) is 6.09. The van der Waals surface area contributed by atoms with E-state index in [-0.39, 0.29) is 21.4 Å². The molecule has 0 saturated carbocycles. The summed E-state index contributed by atoms with van der Waals surface area (Å²) in [7, 11) is -3.89. The Kier molecular flexibility index (Phi) is 4.58. The third-order valence-electron chi connectivity index (χ3n) is 4.46. The van der Waals surface area contributed by atoms with E-state index in [1.54, 1.807) is 30.5 Å². The number of sulfone groups is 1. The number of anilines is 1. The summed E-state index contributed by atoms with van der Waals surface area (Å²) in [5.41, 5.74) is 8.20. The predicted octanol–water partition coefficient (Wildman–Crippen LogP) is 3.85. The fraction of sp³-hybridized carbons (Fsp3) is 0.158. The first-order valence-electron chi connectivity index (χ1n) is 7.92. The molecule has 1 aromatic heterocycles. The number of nitrogen functional groups attached to an aromatic ring is 1. The van der Waals surface area contributed by atoms with Gasteiger partial charge >= 0.3 is 0 Å².